The molecule has 1 aliphatic heterocycles. The molecule has 0 radical (unpaired) electrons. The van der Waals surface area contributed by atoms with Crippen molar-refractivity contribution in [2.45, 2.75) is 35.5 Å². The van der Waals surface area contributed by atoms with Crippen molar-refractivity contribution in [2.75, 3.05) is 20.1 Å². The molecule has 1 unspecified atom stereocenters. The zero-order valence-electron chi connectivity index (χ0n) is 11.7. The molecule has 1 aromatic carbocycles. The maximum Gasteiger partial charge on any atom is 0.240 e. The summed E-state index contributed by atoms with van der Waals surface area (Å²) in [6.45, 7) is 1.53. The minimum Gasteiger partial charge on any atom is -0.302 e. The van der Waals surface area contributed by atoms with Crippen LogP contribution in [0, 0.1) is 0 Å². The second kappa shape index (κ2) is 7.02. The van der Waals surface area contributed by atoms with Crippen molar-refractivity contribution in [3.8, 4) is 0 Å². The summed E-state index contributed by atoms with van der Waals surface area (Å²) in [5, 5.41) is 0.730. The van der Waals surface area contributed by atoms with Gasteiger partial charge in [-0.15, -0.1) is 0 Å². The lowest BCUT2D eigenvalue weighted by Gasteiger charge is -2.32. The molecule has 0 aromatic heterocycles. The Bertz CT molecular complexity index is 531. The summed E-state index contributed by atoms with van der Waals surface area (Å²) in [7, 11) is -1.34. The van der Waals surface area contributed by atoms with Gasteiger partial charge in [0.1, 0.15) is 0 Å². The zero-order chi connectivity index (χ0) is 14.6. The van der Waals surface area contributed by atoms with Crippen molar-refractivity contribution >= 4 is 26.0 Å². The van der Waals surface area contributed by atoms with Crippen LogP contribution in [0.2, 0.25) is 0 Å². The lowest BCUT2D eigenvalue weighted by Crippen LogP contribution is -2.44. The number of hydrogen-bond acceptors (Lipinski definition) is 3. The number of likely N-dealkylation sites (tertiary alicyclic amines) is 1. The molecular weight excluding hydrogens is 340 g/mol. The summed E-state index contributed by atoms with van der Waals surface area (Å²) in [6.07, 6.45) is 3.44. The first-order valence-electron chi connectivity index (χ1n) is 6.88. The normalized spacial score (nSPS) is 21.0. The summed E-state index contributed by atoms with van der Waals surface area (Å²) in [4.78, 5) is 2.57. The SMILES string of the molecule is CN1CCCCC1CNS(=O)(=O)c1ccc(CBr)cc1. The molecule has 2 rings (SSSR count). The highest BCUT2D eigenvalue weighted by Crippen LogP contribution is 2.16. The molecule has 1 fully saturated rings. The molecule has 1 saturated heterocycles. The molecule has 1 aliphatic rings. The first-order valence-corrected chi connectivity index (χ1v) is 9.48. The molecule has 1 heterocycles. The van der Waals surface area contributed by atoms with Crippen molar-refractivity contribution in [1.29, 1.82) is 0 Å². The second-order valence-electron chi connectivity index (χ2n) is 5.26. The summed E-state index contributed by atoms with van der Waals surface area (Å²) in [6, 6.07) is 7.28. The van der Waals surface area contributed by atoms with Crippen molar-refractivity contribution in [3.63, 3.8) is 0 Å². The van der Waals surface area contributed by atoms with E-state index in [-0.39, 0.29) is 0 Å². The summed E-state index contributed by atoms with van der Waals surface area (Å²) in [5.41, 5.74) is 1.07. The predicted octanol–water partition coefficient (Wildman–Crippen LogP) is 2.34. The quantitative estimate of drug-likeness (QED) is 0.819. The van der Waals surface area contributed by atoms with E-state index in [1.807, 2.05) is 12.1 Å². The molecule has 0 saturated carbocycles. The smallest absolute Gasteiger partial charge is 0.240 e. The van der Waals surface area contributed by atoms with Gasteiger partial charge in [0.25, 0.3) is 0 Å². The first-order chi connectivity index (χ1) is 9.53. The molecule has 1 N–H and O–H groups in total. The molecule has 6 heteroatoms. The first kappa shape index (κ1) is 15.9. The van der Waals surface area contributed by atoms with Crippen LogP contribution in [-0.2, 0) is 15.4 Å². The minimum atomic E-state index is -3.40. The van der Waals surface area contributed by atoms with E-state index >= 15 is 0 Å². The van der Waals surface area contributed by atoms with Crippen LogP contribution >= 0.6 is 15.9 Å². The van der Waals surface area contributed by atoms with Gasteiger partial charge in [-0.25, -0.2) is 13.1 Å². The Labute approximate surface area is 129 Å². The number of alkyl halides is 1. The summed E-state index contributed by atoms with van der Waals surface area (Å²) in [5.74, 6) is 0. The maximum absolute atomic E-state index is 12.2. The lowest BCUT2D eigenvalue weighted by atomic mass is 10.0. The molecular formula is C14H21BrN2O2S. The van der Waals surface area contributed by atoms with E-state index in [1.165, 1.54) is 12.8 Å². The average molecular weight is 361 g/mol. The van der Waals surface area contributed by atoms with Gasteiger partial charge >= 0.3 is 0 Å². The second-order valence-corrected chi connectivity index (χ2v) is 7.59. The third-order valence-corrected chi connectivity index (χ3v) is 5.91. The molecule has 20 heavy (non-hydrogen) atoms. The Morgan fingerprint density at radius 3 is 2.60 bits per heavy atom. The van der Waals surface area contributed by atoms with Crippen LogP contribution in [0.1, 0.15) is 24.8 Å². The van der Waals surface area contributed by atoms with E-state index in [1.54, 1.807) is 12.1 Å². The Morgan fingerprint density at radius 1 is 1.30 bits per heavy atom. The molecule has 4 nitrogen and oxygen atoms in total. The number of likely N-dealkylation sites (N-methyl/N-ethyl adjacent to an activating group) is 1. The average Bonchev–Trinajstić information content (AvgIpc) is 2.46. The Kier molecular flexibility index (Phi) is 5.60. The highest BCUT2D eigenvalue weighted by atomic mass is 79.9. The van der Waals surface area contributed by atoms with Gasteiger partial charge < -0.3 is 4.90 Å². The highest BCUT2D eigenvalue weighted by molar-refractivity contribution is 9.08. The van der Waals surface area contributed by atoms with Gasteiger partial charge in [0.05, 0.1) is 4.90 Å². The van der Waals surface area contributed by atoms with E-state index in [2.05, 4.69) is 32.6 Å². The van der Waals surface area contributed by atoms with Gasteiger partial charge in [-0.2, -0.15) is 0 Å². The number of rotatable bonds is 5. The number of piperidine rings is 1. The van der Waals surface area contributed by atoms with Crippen LogP contribution in [0.5, 0.6) is 0 Å². The number of benzene rings is 1. The Balaban J connectivity index is 1.99. The van der Waals surface area contributed by atoms with Crippen LogP contribution < -0.4 is 4.72 Å². The van der Waals surface area contributed by atoms with E-state index in [9.17, 15) is 8.42 Å². The maximum atomic E-state index is 12.2. The van der Waals surface area contributed by atoms with Gasteiger partial charge in [-0.3, -0.25) is 0 Å². The van der Waals surface area contributed by atoms with E-state index in [0.29, 0.717) is 17.5 Å². The van der Waals surface area contributed by atoms with Crippen LogP contribution in [-0.4, -0.2) is 39.5 Å². The number of hydrogen-bond donors (Lipinski definition) is 1. The largest absolute Gasteiger partial charge is 0.302 e. The predicted molar refractivity (Wildman–Crippen MR) is 84.5 cm³/mol. The molecule has 1 atom stereocenters. The molecule has 0 spiro atoms. The van der Waals surface area contributed by atoms with Crippen molar-refractivity contribution in [3.05, 3.63) is 29.8 Å². The summed E-state index contributed by atoms with van der Waals surface area (Å²) >= 11 is 3.35. The van der Waals surface area contributed by atoms with Crippen molar-refractivity contribution in [1.82, 2.24) is 9.62 Å². The van der Waals surface area contributed by atoms with Gasteiger partial charge in [-0.1, -0.05) is 34.5 Å². The highest BCUT2D eigenvalue weighted by Gasteiger charge is 2.21. The Hall–Kier alpha value is -0.430. The van der Waals surface area contributed by atoms with Crippen molar-refractivity contribution in [2.24, 2.45) is 0 Å². The summed E-state index contributed by atoms with van der Waals surface area (Å²) < 4.78 is 27.2. The fraction of sp³-hybridized carbons (Fsp3) is 0.571. The van der Waals surface area contributed by atoms with Crippen LogP contribution in [0.3, 0.4) is 0 Å². The molecule has 1 aromatic rings. The monoisotopic (exact) mass is 360 g/mol. The number of nitrogens with one attached hydrogen (secondary N) is 1. The number of sulfonamides is 1. The van der Waals surface area contributed by atoms with Gasteiger partial charge in [-0.05, 0) is 44.1 Å². The number of nitrogens with zero attached hydrogens (tertiary/aromatic N) is 1. The van der Waals surface area contributed by atoms with E-state index < -0.39 is 10.0 Å². The lowest BCUT2D eigenvalue weighted by molar-refractivity contribution is 0.187. The van der Waals surface area contributed by atoms with Crippen LogP contribution in [0.4, 0.5) is 0 Å². The molecule has 0 aliphatic carbocycles. The van der Waals surface area contributed by atoms with E-state index in [4.69, 9.17) is 0 Å². The fourth-order valence-electron chi connectivity index (χ4n) is 2.45. The third kappa shape index (κ3) is 4.04. The molecule has 0 bridgehead atoms. The number of halogens is 1. The van der Waals surface area contributed by atoms with Crippen LogP contribution in [0.15, 0.2) is 29.2 Å². The fourth-order valence-corrected chi connectivity index (χ4v) is 3.90. The van der Waals surface area contributed by atoms with Gasteiger partial charge in [0, 0.05) is 17.9 Å². The Morgan fingerprint density at radius 2 is 2.00 bits per heavy atom. The van der Waals surface area contributed by atoms with Gasteiger partial charge in [0.2, 0.25) is 10.0 Å². The van der Waals surface area contributed by atoms with Gasteiger partial charge in [0.15, 0.2) is 0 Å². The molecule has 112 valence electrons. The molecule has 0 amide bonds. The standard InChI is InChI=1S/C14H21BrN2O2S/c1-17-9-3-2-4-13(17)11-16-20(18,19)14-7-5-12(10-15)6-8-14/h5-8,13,16H,2-4,9-11H2,1H3. The zero-order valence-corrected chi connectivity index (χ0v) is 14.1. The van der Waals surface area contributed by atoms with Crippen LogP contribution in [0.25, 0.3) is 0 Å². The third-order valence-electron chi connectivity index (χ3n) is 3.82. The van der Waals surface area contributed by atoms with E-state index in [0.717, 1.165) is 23.9 Å². The topological polar surface area (TPSA) is 49.4 Å². The minimum absolute atomic E-state index is 0.306. The van der Waals surface area contributed by atoms with Crippen molar-refractivity contribution < 1.29 is 8.42 Å².